The highest BCUT2D eigenvalue weighted by molar-refractivity contribution is 5.76. The lowest BCUT2D eigenvalue weighted by molar-refractivity contribution is -0.193. The number of carboxylic acids is 2. The second kappa shape index (κ2) is 14.2. The fourth-order valence-electron chi connectivity index (χ4n) is 0.940. The molecule has 0 fully saturated rings. The van der Waals surface area contributed by atoms with Gasteiger partial charge in [0.15, 0.2) is 0 Å². The van der Waals surface area contributed by atoms with Crippen LogP contribution in [0.5, 0.6) is 0 Å². The third-order valence-electron chi connectivity index (χ3n) is 2.03. The van der Waals surface area contributed by atoms with E-state index in [2.05, 4.69) is 5.32 Å². The maximum absolute atomic E-state index is 11.1. The Kier molecular flexibility index (Phi) is 15.6. The molecule has 13 heteroatoms. The van der Waals surface area contributed by atoms with E-state index in [1.807, 2.05) is 13.8 Å². The van der Waals surface area contributed by atoms with Crippen LogP contribution in [0.1, 0.15) is 33.1 Å². The van der Waals surface area contributed by atoms with Gasteiger partial charge in [0.05, 0.1) is 0 Å². The number of aliphatic carboxylic acids is 2. The topological polar surface area (TPSA) is 130 Å². The summed E-state index contributed by atoms with van der Waals surface area (Å²) in [5.41, 5.74) is 5.31. The average molecular weight is 400 g/mol. The van der Waals surface area contributed by atoms with E-state index < -0.39 is 24.3 Å². The molecule has 5 N–H and O–H groups in total. The number of nitrogens with one attached hydrogen (secondary N) is 1. The van der Waals surface area contributed by atoms with E-state index in [-0.39, 0.29) is 5.91 Å². The molecule has 1 amide bonds. The van der Waals surface area contributed by atoms with Crippen molar-refractivity contribution >= 4 is 17.8 Å². The van der Waals surface area contributed by atoms with Gasteiger partial charge in [-0.15, -0.1) is 0 Å². The summed E-state index contributed by atoms with van der Waals surface area (Å²) in [7, 11) is 0. The molecule has 0 rings (SSSR count). The van der Waals surface area contributed by atoms with E-state index >= 15 is 0 Å². The maximum Gasteiger partial charge on any atom is 0.490 e. The van der Waals surface area contributed by atoms with E-state index in [0.717, 1.165) is 19.4 Å². The summed E-state index contributed by atoms with van der Waals surface area (Å²) in [5, 5.41) is 17.1. The van der Waals surface area contributed by atoms with Crippen molar-refractivity contribution in [2.75, 3.05) is 13.1 Å². The number of hydrogen-bond acceptors (Lipinski definition) is 4. The number of halogens is 6. The first-order chi connectivity index (χ1) is 11.6. The molecule has 0 saturated heterocycles. The Morgan fingerprint density at radius 1 is 0.923 bits per heavy atom. The Morgan fingerprint density at radius 2 is 1.27 bits per heavy atom. The zero-order valence-electron chi connectivity index (χ0n) is 14.1. The van der Waals surface area contributed by atoms with E-state index in [1.54, 1.807) is 0 Å². The molecule has 0 aromatic heterocycles. The smallest absolute Gasteiger partial charge is 0.475 e. The zero-order chi connectivity index (χ0) is 21.6. The van der Waals surface area contributed by atoms with Crippen molar-refractivity contribution < 1.29 is 50.9 Å². The number of carboxylic acid groups (broad SMARTS) is 2. The normalized spacial score (nSPS) is 10.8. The third kappa shape index (κ3) is 24.2. The van der Waals surface area contributed by atoms with Crippen molar-refractivity contribution in [3.63, 3.8) is 0 Å². The van der Waals surface area contributed by atoms with E-state index in [0.29, 0.717) is 18.9 Å². The van der Waals surface area contributed by atoms with Crippen LogP contribution in [0.2, 0.25) is 0 Å². The first-order valence-electron chi connectivity index (χ1n) is 7.12. The highest BCUT2D eigenvalue weighted by Gasteiger charge is 2.38. The minimum Gasteiger partial charge on any atom is -0.475 e. The fraction of sp³-hybridized carbons (Fsp3) is 0.769. The minimum absolute atomic E-state index is 0.155. The second-order valence-corrected chi connectivity index (χ2v) is 5.05. The number of carbonyl (C=O) groups is 3. The lowest BCUT2D eigenvalue weighted by atomic mass is 10.1. The van der Waals surface area contributed by atoms with Crippen LogP contribution in [0, 0.1) is 5.92 Å². The van der Waals surface area contributed by atoms with E-state index in [4.69, 9.17) is 25.5 Å². The van der Waals surface area contributed by atoms with Crippen LogP contribution < -0.4 is 11.1 Å². The molecule has 0 bridgehead atoms. The molecule has 0 atom stereocenters. The van der Waals surface area contributed by atoms with Crippen LogP contribution in [0.4, 0.5) is 26.3 Å². The number of nitrogens with two attached hydrogens (primary N) is 1. The molecule has 26 heavy (non-hydrogen) atoms. The molecule has 0 spiro atoms. The summed E-state index contributed by atoms with van der Waals surface area (Å²) in [6, 6.07) is 0. The lowest BCUT2D eigenvalue weighted by Gasteiger charge is -2.05. The summed E-state index contributed by atoms with van der Waals surface area (Å²) in [5.74, 6) is -4.92. The number of alkyl halides is 6. The van der Waals surface area contributed by atoms with Crippen molar-refractivity contribution in [1.82, 2.24) is 5.32 Å². The molecule has 0 radical (unpaired) electrons. The van der Waals surface area contributed by atoms with E-state index in [9.17, 15) is 31.1 Å². The van der Waals surface area contributed by atoms with Crippen LogP contribution >= 0.6 is 0 Å². The SMILES string of the molecule is CC(C)CC(=O)NCCCCN.O=C(O)C(F)(F)F.O=C(O)C(F)(F)F. The first kappa shape index (κ1) is 28.7. The summed E-state index contributed by atoms with van der Waals surface area (Å²) < 4.78 is 63.5. The molecular weight excluding hydrogens is 378 g/mol. The molecule has 7 nitrogen and oxygen atoms in total. The van der Waals surface area contributed by atoms with Gasteiger partial charge in [-0.25, -0.2) is 9.59 Å². The number of hydrogen-bond donors (Lipinski definition) is 4. The summed E-state index contributed by atoms with van der Waals surface area (Å²) in [4.78, 5) is 28.9. The Hall–Kier alpha value is -2.05. The average Bonchev–Trinajstić information content (AvgIpc) is 2.42. The van der Waals surface area contributed by atoms with Crippen molar-refractivity contribution in [2.24, 2.45) is 11.7 Å². The van der Waals surface area contributed by atoms with Gasteiger partial charge < -0.3 is 21.3 Å². The number of unbranched alkanes of at least 4 members (excludes halogenated alkanes) is 1. The highest BCUT2D eigenvalue weighted by atomic mass is 19.4. The number of carbonyl (C=O) groups excluding carboxylic acids is 1. The van der Waals surface area contributed by atoms with Crippen molar-refractivity contribution in [3.8, 4) is 0 Å². The Bertz CT molecular complexity index is 400. The van der Waals surface area contributed by atoms with Crippen LogP contribution in [-0.4, -0.2) is 53.5 Å². The molecule has 0 aromatic carbocycles. The number of rotatable bonds is 6. The van der Waals surface area contributed by atoms with Gasteiger partial charge in [0.25, 0.3) is 0 Å². The molecule has 0 aromatic rings. The standard InChI is InChI=1S/C9H20N2O.2C2HF3O2/c1-8(2)7-9(12)11-6-4-3-5-10;2*3-2(4,5)1(6)7/h8H,3-7,10H2,1-2H3,(H,11,12);2*(H,6,7). The lowest BCUT2D eigenvalue weighted by Crippen LogP contribution is -2.25. The maximum atomic E-state index is 11.1. The molecule has 0 saturated carbocycles. The summed E-state index contributed by atoms with van der Waals surface area (Å²) in [6.07, 6.45) is -7.56. The van der Waals surface area contributed by atoms with Gasteiger partial charge in [0, 0.05) is 13.0 Å². The van der Waals surface area contributed by atoms with Crippen molar-refractivity contribution in [3.05, 3.63) is 0 Å². The molecule has 0 heterocycles. The first-order valence-corrected chi connectivity index (χ1v) is 7.12. The van der Waals surface area contributed by atoms with Gasteiger partial charge in [0.1, 0.15) is 0 Å². The number of amides is 1. The van der Waals surface area contributed by atoms with Gasteiger partial charge in [-0.1, -0.05) is 13.8 Å². The molecule has 0 aliphatic rings. The second-order valence-electron chi connectivity index (χ2n) is 5.05. The monoisotopic (exact) mass is 400 g/mol. The molecule has 0 aliphatic carbocycles. The quantitative estimate of drug-likeness (QED) is 0.399. The van der Waals surface area contributed by atoms with Gasteiger partial charge in [-0.3, -0.25) is 4.79 Å². The van der Waals surface area contributed by atoms with Crippen LogP contribution in [0.15, 0.2) is 0 Å². The highest BCUT2D eigenvalue weighted by Crippen LogP contribution is 2.13. The molecule has 0 aliphatic heterocycles. The molecular formula is C13H22F6N2O5. The molecule has 0 unspecified atom stereocenters. The van der Waals surface area contributed by atoms with Crippen molar-refractivity contribution in [1.29, 1.82) is 0 Å². The summed E-state index contributed by atoms with van der Waals surface area (Å²) in [6.45, 7) is 5.56. The van der Waals surface area contributed by atoms with Gasteiger partial charge >= 0.3 is 24.3 Å². The zero-order valence-corrected chi connectivity index (χ0v) is 14.1. The predicted molar refractivity (Wildman–Crippen MR) is 78.1 cm³/mol. The Morgan fingerprint density at radius 3 is 1.50 bits per heavy atom. The van der Waals surface area contributed by atoms with Gasteiger partial charge in [0.2, 0.25) is 5.91 Å². The molecule has 156 valence electrons. The fourth-order valence-corrected chi connectivity index (χ4v) is 0.940. The largest absolute Gasteiger partial charge is 0.490 e. The summed E-state index contributed by atoms with van der Waals surface area (Å²) >= 11 is 0. The Balaban J connectivity index is -0.000000326. The predicted octanol–water partition coefficient (Wildman–Crippen LogP) is 2.15. The van der Waals surface area contributed by atoms with Gasteiger partial charge in [-0.05, 0) is 25.3 Å². The minimum atomic E-state index is -5.08. The van der Waals surface area contributed by atoms with E-state index in [1.165, 1.54) is 0 Å². The van der Waals surface area contributed by atoms with Gasteiger partial charge in [-0.2, -0.15) is 26.3 Å². The van der Waals surface area contributed by atoms with Crippen LogP contribution in [0.3, 0.4) is 0 Å². The van der Waals surface area contributed by atoms with Crippen molar-refractivity contribution in [2.45, 2.75) is 45.5 Å². The van der Waals surface area contributed by atoms with Crippen LogP contribution in [0.25, 0.3) is 0 Å². The van der Waals surface area contributed by atoms with Crippen LogP contribution in [-0.2, 0) is 14.4 Å². The Labute approximate surface area is 145 Å². The third-order valence-corrected chi connectivity index (χ3v) is 2.03.